The van der Waals surface area contributed by atoms with Gasteiger partial charge < -0.3 is 9.64 Å². The number of carbonyl (C=O) groups is 1. The first-order valence-corrected chi connectivity index (χ1v) is 9.53. The number of benzene rings is 2. The lowest BCUT2D eigenvalue weighted by atomic mass is 9.78. The second-order valence-corrected chi connectivity index (χ2v) is 7.27. The Balaban J connectivity index is 1.58. The van der Waals surface area contributed by atoms with Gasteiger partial charge in [-0.3, -0.25) is 4.84 Å². The van der Waals surface area contributed by atoms with Crippen molar-refractivity contribution in [1.82, 2.24) is 9.96 Å². The van der Waals surface area contributed by atoms with Gasteiger partial charge in [-0.25, -0.2) is 4.79 Å². The van der Waals surface area contributed by atoms with Crippen LogP contribution in [-0.2, 0) is 21.7 Å². The second-order valence-electron chi connectivity index (χ2n) is 7.27. The third kappa shape index (κ3) is 3.36. The summed E-state index contributed by atoms with van der Waals surface area (Å²) >= 11 is 0. The van der Waals surface area contributed by atoms with E-state index in [2.05, 4.69) is 0 Å². The van der Waals surface area contributed by atoms with Crippen molar-refractivity contribution in [3.63, 3.8) is 0 Å². The number of amides is 1. The molecular weight excluding hydrogens is 397 g/mol. The number of fused-ring (bicyclic) bond motifs is 1. The van der Waals surface area contributed by atoms with Crippen LogP contribution in [0.1, 0.15) is 11.1 Å². The first-order chi connectivity index (χ1) is 14.3. The van der Waals surface area contributed by atoms with Crippen LogP contribution in [-0.4, -0.2) is 48.5 Å². The SMILES string of the molecule is CN1O[C@H]2CN(C(=O)OCc3ccccc3)CC=C2[C@@]1(c1ccccc1)C(F)(F)F. The average Bonchev–Trinajstić information content (AvgIpc) is 3.05. The van der Waals surface area contributed by atoms with Gasteiger partial charge in [0.25, 0.3) is 0 Å². The van der Waals surface area contributed by atoms with Crippen molar-refractivity contribution in [3.05, 3.63) is 83.4 Å². The summed E-state index contributed by atoms with van der Waals surface area (Å²) in [7, 11) is 1.28. The van der Waals surface area contributed by atoms with Gasteiger partial charge in [0.15, 0.2) is 5.54 Å². The molecule has 0 radical (unpaired) electrons. The van der Waals surface area contributed by atoms with Gasteiger partial charge in [0, 0.05) is 13.6 Å². The molecule has 0 N–H and O–H groups in total. The van der Waals surface area contributed by atoms with E-state index in [1.807, 2.05) is 30.3 Å². The van der Waals surface area contributed by atoms with E-state index in [9.17, 15) is 18.0 Å². The third-order valence-corrected chi connectivity index (χ3v) is 5.51. The van der Waals surface area contributed by atoms with Gasteiger partial charge in [0.1, 0.15) is 12.7 Å². The Kier molecular flexibility index (Phi) is 5.29. The second kappa shape index (κ2) is 7.77. The summed E-state index contributed by atoms with van der Waals surface area (Å²) in [6.07, 6.45) is -4.68. The summed E-state index contributed by atoms with van der Waals surface area (Å²) in [5.74, 6) is 0. The van der Waals surface area contributed by atoms with E-state index < -0.39 is 23.9 Å². The van der Waals surface area contributed by atoms with E-state index in [4.69, 9.17) is 9.57 Å². The molecule has 0 saturated carbocycles. The molecule has 2 aliphatic rings. The molecule has 2 aromatic rings. The van der Waals surface area contributed by atoms with Crippen LogP contribution in [0.15, 0.2) is 72.3 Å². The smallest absolute Gasteiger partial charge is 0.417 e. The number of hydrogen-bond donors (Lipinski definition) is 0. The maximum absolute atomic E-state index is 14.4. The Labute approximate surface area is 172 Å². The molecule has 0 aromatic heterocycles. The van der Waals surface area contributed by atoms with Crippen LogP contribution in [0, 0.1) is 0 Å². The van der Waals surface area contributed by atoms with Gasteiger partial charge in [-0.2, -0.15) is 18.2 Å². The van der Waals surface area contributed by atoms with Crippen LogP contribution in [0.3, 0.4) is 0 Å². The van der Waals surface area contributed by atoms with E-state index in [0.717, 1.165) is 10.6 Å². The van der Waals surface area contributed by atoms with E-state index >= 15 is 0 Å². The molecule has 158 valence electrons. The fourth-order valence-electron chi connectivity index (χ4n) is 4.13. The lowest BCUT2D eigenvalue weighted by molar-refractivity contribution is -0.278. The number of halogens is 3. The average molecular weight is 418 g/mol. The number of hydrogen-bond acceptors (Lipinski definition) is 4. The van der Waals surface area contributed by atoms with Crippen molar-refractivity contribution in [2.24, 2.45) is 0 Å². The molecule has 8 heteroatoms. The van der Waals surface area contributed by atoms with Crippen molar-refractivity contribution in [2.45, 2.75) is 24.4 Å². The minimum atomic E-state index is -4.61. The summed E-state index contributed by atoms with van der Waals surface area (Å²) in [6.45, 7) is 0.0878. The minimum Gasteiger partial charge on any atom is -0.445 e. The maximum Gasteiger partial charge on any atom is 0.417 e. The molecule has 1 amide bonds. The molecule has 4 rings (SSSR count). The molecule has 0 unspecified atom stereocenters. The minimum absolute atomic E-state index is 0.0152. The van der Waals surface area contributed by atoms with Crippen LogP contribution < -0.4 is 0 Å². The van der Waals surface area contributed by atoms with Gasteiger partial charge in [-0.05, 0) is 16.7 Å². The molecular formula is C22H21F3N2O3. The van der Waals surface area contributed by atoms with Crippen molar-refractivity contribution in [2.75, 3.05) is 20.1 Å². The van der Waals surface area contributed by atoms with Gasteiger partial charge in [0.05, 0.1) is 6.54 Å². The molecule has 2 aromatic carbocycles. The van der Waals surface area contributed by atoms with Crippen molar-refractivity contribution < 1.29 is 27.5 Å². The Hall–Kier alpha value is -2.84. The van der Waals surface area contributed by atoms with E-state index in [0.29, 0.717) is 0 Å². The molecule has 0 spiro atoms. The highest BCUT2D eigenvalue weighted by molar-refractivity contribution is 5.68. The monoisotopic (exact) mass is 418 g/mol. The largest absolute Gasteiger partial charge is 0.445 e. The number of nitrogens with zero attached hydrogens (tertiary/aromatic N) is 2. The van der Waals surface area contributed by atoms with Crippen LogP contribution in [0.5, 0.6) is 0 Å². The highest BCUT2D eigenvalue weighted by atomic mass is 19.4. The Morgan fingerprint density at radius 2 is 1.77 bits per heavy atom. The van der Waals surface area contributed by atoms with Crippen molar-refractivity contribution in [1.29, 1.82) is 0 Å². The summed E-state index contributed by atoms with van der Waals surface area (Å²) < 4.78 is 48.6. The zero-order valence-electron chi connectivity index (χ0n) is 16.3. The maximum atomic E-state index is 14.4. The fraction of sp³-hybridized carbons (Fsp3) is 0.318. The lowest BCUT2D eigenvalue weighted by Gasteiger charge is -2.38. The highest BCUT2D eigenvalue weighted by Gasteiger charge is 2.67. The van der Waals surface area contributed by atoms with E-state index in [1.165, 1.54) is 30.2 Å². The van der Waals surface area contributed by atoms with E-state index in [-0.39, 0.29) is 30.8 Å². The molecule has 0 aliphatic carbocycles. The molecule has 0 bridgehead atoms. The number of ether oxygens (including phenoxy) is 1. The quantitative estimate of drug-likeness (QED) is 0.699. The number of hydroxylamine groups is 2. The third-order valence-electron chi connectivity index (χ3n) is 5.51. The topological polar surface area (TPSA) is 42.0 Å². The predicted octanol–water partition coefficient (Wildman–Crippen LogP) is 4.27. The molecule has 5 nitrogen and oxygen atoms in total. The molecule has 1 fully saturated rings. The Morgan fingerprint density at radius 3 is 2.40 bits per heavy atom. The molecule has 1 saturated heterocycles. The van der Waals surface area contributed by atoms with Gasteiger partial charge >= 0.3 is 12.3 Å². The zero-order chi connectivity index (χ0) is 21.4. The van der Waals surface area contributed by atoms with Gasteiger partial charge in [-0.15, -0.1) is 0 Å². The molecule has 2 heterocycles. The summed E-state index contributed by atoms with van der Waals surface area (Å²) in [5.41, 5.74) is -1.39. The summed E-state index contributed by atoms with van der Waals surface area (Å²) in [6, 6.07) is 16.9. The van der Waals surface area contributed by atoms with Crippen molar-refractivity contribution >= 4 is 6.09 Å². The standard InChI is InChI=1S/C22H21F3N2O3/c1-26-21(22(23,24)25,17-10-6-3-7-11-17)18-12-13-27(14-19(18)30-26)20(28)29-15-16-8-4-2-5-9-16/h2-12,19H,13-15H2,1H3/t19-,21-/m0/s1. The number of alkyl halides is 3. The van der Waals surface area contributed by atoms with Gasteiger partial charge in [0.2, 0.25) is 0 Å². The number of carbonyl (C=O) groups excluding carboxylic acids is 1. The van der Waals surface area contributed by atoms with E-state index in [1.54, 1.807) is 18.2 Å². The lowest BCUT2D eigenvalue weighted by Crippen LogP contribution is -2.52. The summed E-state index contributed by atoms with van der Waals surface area (Å²) in [5, 5.41) is 0.859. The normalized spacial score (nSPS) is 24.3. The van der Waals surface area contributed by atoms with Crippen LogP contribution in [0.2, 0.25) is 0 Å². The van der Waals surface area contributed by atoms with Gasteiger partial charge in [-0.1, -0.05) is 66.7 Å². The first kappa shape index (κ1) is 20.4. The predicted molar refractivity (Wildman–Crippen MR) is 103 cm³/mol. The summed E-state index contributed by atoms with van der Waals surface area (Å²) in [4.78, 5) is 19.4. The highest BCUT2D eigenvalue weighted by Crippen LogP contribution is 2.54. The van der Waals surface area contributed by atoms with Crippen LogP contribution in [0.25, 0.3) is 0 Å². The molecule has 30 heavy (non-hydrogen) atoms. The Morgan fingerprint density at radius 1 is 1.13 bits per heavy atom. The van der Waals surface area contributed by atoms with Crippen LogP contribution >= 0.6 is 0 Å². The Bertz CT molecular complexity index is 934. The van der Waals surface area contributed by atoms with Crippen LogP contribution in [0.4, 0.5) is 18.0 Å². The first-order valence-electron chi connectivity index (χ1n) is 9.53. The molecule has 2 atom stereocenters. The number of rotatable bonds is 3. The zero-order valence-corrected chi connectivity index (χ0v) is 16.3. The molecule has 2 aliphatic heterocycles. The van der Waals surface area contributed by atoms with Crippen molar-refractivity contribution in [3.8, 4) is 0 Å². The fourth-order valence-corrected chi connectivity index (χ4v) is 4.13. The number of likely N-dealkylation sites (N-methyl/N-ethyl adjacent to an activating group) is 1.